The topological polar surface area (TPSA) is 72.2 Å². The average Bonchev–Trinajstić information content (AvgIpc) is 3.00. The third kappa shape index (κ3) is 3.41. The molecule has 3 rings (SSSR count). The second-order valence-electron chi connectivity index (χ2n) is 5.51. The average molecular weight is 341 g/mol. The Kier molecular flexibility index (Phi) is 4.80. The van der Waals surface area contributed by atoms with Gasteiger partial charge in [0.1, 0.15) is 11.4 Å². The van der Waals surface area contributed by atoms with Gasteiger partial charge in [0, 0.05) is 28.8 Å². The van der Waals surface area contributed by atoms with E-state index in [1.807, 2.05) is 31.2 Å². The molecule has 0 bridgehead atoms. The summed E-state index contributed by atoms with van der Waals surface area (Å²) >= 11 is 1.64. The van der Waals surface area contributed by atoms with Crippen LogP contribution in [-0.4, -0.2) is 25.5 Å². The van der Waals surface area contributed by atoms with Crippen LogP contribution in [0.2, 0.25) is 0 Å². The van der Waals surface area contributed by atoms with Gasteiger partial charge in [-0.1, -0.05) is 25.1 Å². The Morgan fingerprint density at radius 1 is 1.29 bits per heavy atom. The van der Waals surface area contributed by atoms with E-state index in [0.29, 0.717) is 5.78 Å². The van der Waals surface area contributed by atoms with Crippen LogP contribution in [0.4, 0.5) is 5.69 Å². The Morgan fingerprint density at radius 2 is 2.04 bits per heavy atom. The zero-order valence-corrected chi connectivity index (χ0v) is 14.7. The van der Waals surface area contributed by atoms with Crippen LogP contribution in [-0.2, 0) is 11.2 Å². The molecule has 0 aliphatic heterocycles. The van der Waals surface area contributed by atoms with Crippen molar-refractivity contribution in [1.82, 2.24) is 19.6 Å². The minimum absolute atomic E-state index is 0.0743. The zero-order chi connectivity index (χ0) is 17.1. The van der Waals surface area contributed by atoms with Gasteiger partial charge in [0.2, 0.25) is 5.91 Å². The number of amides is 1. The number of carbonyl (C=O) groups excluding carboxylic acids is 1. The highest BCUT2D eigenvalue weighted by atomic mass is 32.2. The summed E-state index contributed by atoms with van der Waals surface area (Å²) < 4.78 is 1.80. The molecule has 0 aliphatic carbocycles. The molecule has 1 aromatic carbocycles. The summed E-state index contributed by atoms with van der Waals surface area (Å²) in [4.78, 5) is 20.9. The molecule has 2 heterocycles. The number of nitrogens with zero attached hydrogens (tertiary/aromatic N) is 4. The summed E-state index contributed by atoms with van der Waals surface area (Å²) in [6, 6.07) is 7.78. The van der Waals surface area contributed by atoms with E-state index in [0.717, 1.165) is 34.1 Å². The van der Waals surface area contributed by atoms with Crippen molar-refractivity contribution >= 4 is 29.1 Å². The SMILES string of the molecule is CCCc1c(C)nc2ncnn2c1Sc1ccc(NC(C)=O)cc1. The fraction of sp³-hybridized carbons (Fsp3) is 0.294. The molecule has 3 aromatic rings. The minimum Gasteiger partial charge on any atom is -0.326 e. The quantitative estimate of drug-likeness (QED) is 0.719. The van der Waals surface area contributed by atoms with Crippen molar-refractivity contribution in [3.63, 3.8) is 0 Å². The highest BCUT2D eigenvalue weighted by molar-refractivity contribution is 7.99. The molecule has 0 radical (unpaired) electrons. The van der Waals surface area contributed by atoms with Crippen LogP contribution in [0.15, 0.2) is 40.5 Å². The van der Waals surface area contributed by atoms with Gasteiger partial charge in [-0.2, -0.15) is 14.6 Å². The van der Waals surface area contributed by atoms with Crippen LogP contribution in [0.3, 0.4) is 0 Å². The number of nitrogens with one attached hydrogen (secondary N) is 1. The first-order chi connectivity index (χ1) is 11.6. The fourth-order valence-corrected chi connectivity index (χ4v) is 3.60. The largest absolute Gasteiger partial charge is 0.326 e. The molecule has 0 saturated carbocycles. The molecule has 1 N–H and O–H groups in total. The fourth-order valence-electron chi connectivity index (χ4n) is 2.52. The van der Waals surface area contributed by atoms with E-state index >= 15 is 0 Å². The maximum Gasteiger partial charge on any atom is 0.253 e. The van der Waals surface area contributed by atoms with Crippen molar-refractivity contribution in [1.29, 1.82) is 0 Å². The number of hydrogen-bond donors (Lipinski definition) is 1. The molecule has 0 aliphatic rings. The minimum atomic E-state index is -0.0743. The predicted molar refractivity (Wildman–Crippen MR) is 94.4 cm³/mol. The lowest BCUT2D eigenvalue weighted by Gasteiger charge is -2.12. The summed E-state index contributed by atoms with van der Waals surface area (Å²) in [6.45, 7) is 5.67. The number of aryl methyl sites for hydroxylation is 1. The van der Waals surface area contributed by atoms with Crippen LogP contribution in [0.25, 0.3) is 5.78 Å². The number of hydrogen-bond acceptors (Lipinski definition) is 5. The number of rotatable bonds is 5. The lowest BCUT2D eigenvalue weighted by Crippen LogP contribution is -2.06. The molecule has 6 nitrogen and oxygen atoms in total. The lowest BCUT2D eigenvalue weighted by molar-refractivity contribution is -0.114. The molecule has 2 aromatic heterocycles. The Labute approximate surface area is 144 Å². The van der Waals surface area contributed by atoms with Gasteiger partial charge >= 0.3 is 0 Å². The normalized spacial score (nSPS) is 11.0. The maximum absolute atomic E-state index is 11.1. The third-order valence-electron chi connectivity index (χ3n) is 3.57. The number of carbonyl (C=O) groups is 1. The third-order valence-corrected chi connectivity index (χ3v) is 4.69. The second-order valence-corrected chi connectivity index (χ2v) is 6.57. The highest BCUT2D eigenvalue weighted by Gasteiger charge is 2.15. The number of fused-ring (bicyclic) bond motifs is 1. The van der Waals surface area contributed by atoms with Crippen molar-refractivity contribution in [2.45, 2.75) is 43.5 Å². The van der Waals surface area contributed by atoms with E-state index in [2.05, 4.69) is 27.3 Å². The molecular formula is C17H19N5OS. The second kappa shape index (κ2) is 7.00. The summed E-state index contributed by atoms with van der Waals surface area (Å²) in [5.74, 6) is 0.541. The summed E-state index contributed by atoms with van der Waals surface area (Å²) in [6.07, 6.45) is 3.51. The van der Waals surface area contributed by atoms with Crippen LogP contribution < -0.4 is 5.32 Å². The summed E-state index contributed by atoms with van der Waals surface area (Å²) in [5, 5.41) is 8.14. The van der Waals surface area contributed by atoms with Gasteiger partial charge in [0.25, 0.3) is 5.78 Å². The molecular weight excluding hydrogens is 322 g/mol. The van der Waals surface area contributed by atoms with Gasteiger partial charge < -0.3 is 5.32 Å². The van der Waals surface area contributed by atoms with Gasteiger partial charge in [-0.3, -0.25) is 4.79 Å². The van der Waals surface area contributed by atoms with Crippen molar-refractivity contribution < 1.29 is 4.79 Å². The van der Waals surface area contributed by atoms with E-state index < -0.39 is 0 Å². The first-order valence-corrected chi connectivity index (χ1v) is 8.65. The maximum atomic E-state index is 11.1. The van der Waals surface area contributed by atoms with E-state index in [1.165, 1.54) is 18.8 Å². The van der Waals surface area contributed by atoms with Crippen molar-refractivity contribution in [2.75, 3.05) is 5.32 Å². The molecule has 1 amide bonds. The van der Waals surface area contributed by atoms with Crippen molar-refractivity contribution in [3.05, 3.63) is 41.9 Å². The van der Waals surface area contributed by atoms with E-state index in [9.17, 15) is 4.79 Å². The smallest absolute Gasteiger partial charge is 0.253 e. The summed E-state index contributed by atoms with van der Waals surface area (Å²) in [5.41, 5.74) is 2.98. The van der Waals surface area contributed by atoms with Crippen molar-refractivity contribution in [2.24, 2.45) is 0 Å². The Morgan fingerprint density at radius 3 is 2.71 bits per heavy atom. The van der Waals surface area contributed by atoms with Crippen molar-refractivity contribution in [3.8, 4) is 0 Å². The van der Waals surface area contributed by atoms with Crippen LogP contribution in [0.1, 0.15) is 31.5 Å². The van der Waals surface area contributed by atoms with E-state index in [4.69, 9.17) is 0 Å². The molecule has 0 saturated heterocycles. The van der Waals surface area contributed by atoms with Gasteiger partial charge in [-0.05, 0) is 37.6 Å². The molecule has 7 heteroatoms. The number of anilines is 1. The lowest BCUT2D eigenvalue weighted by atomic mass is 10.1. The number of benzene rings is 1. The van der Waals surface area contributed by atoms with Gasteiger partial charge in [0.05, 0.1) is 0 Å². The molecule has 124 valence electrons. The van der Waals surface area contributed by atoms with Crippen LogP contribution >= 0.6 is 11.8 Å². The van der Waals surface area contributed by atoms with Crippen LogP contribution in [0, 0.1) is 6.92 Å². The molecule has 0 atom stereocenters. The highest BCUT2D eigenvalue weighted by Crippen LogP contribution is 2.32. The van der Waals surface area contributed by atoms with Gasteiger partial charge in [-0.25, -0.2) is 4.98 Å². The van der Waals surface area contributed by atoms with E-state index in [-0.39, 0.29) is 5.91 Å². The molecule has 0 spiro atoms. The number of aromatic nitrogens is 4. The Balaban J connectivity index is 1.97. The zero-order valence-electron chi connectivity index (χ0n) is 13.9. The standard InChI is InChI=1S/C17H19N5OS/c1-4-5-15-11(2)20-17-18-10-19-22(17)16(15)24-14-8-6-13(7-9-14)21-12(3)23/h6-10H,4-5H2,1-3H3,(H,21,23). The molecule has 24 heavy (non-hydrogen) atoms. The van der Waals surface area contributed by atoms with E-state index in [1.54, 1.807) is 16.3 Å². The predicted octanol–water partition coefficient (Wildman–Crippen LogP) is 3.49. The Bertz CT molecular complexity index is 873. The van der Waals surface area contributed by atoms with Gasteiger partial charge in [0.15, 0.2) is 0 Å². The first-order valence-electron chi connectivity index (χ1n) is 7.83. The van der Waals surface area contributed by atoms with Gasteiger partial charge in [-0.15, -0.1) is 0 Å². The molecule has 0 fully saturated rings. The first kappa shape index (κ1) is 16.4. The van der Waals surface area contributed by atoms with Crippen LogP contribution in [0.5, 0.6) is 0 Å². The summed E-state index contributed by atoms with van der Waals surface area (Å²) in [7, 11) is 0. The Hall–Kier alpha value is -2.41. The molecule has 0 unspecified atom stereocenters. The monoisotopic (exact) mass is 341 g/mol.